The van der Waals surface area contributed by atoms with Gasteiger partial charge in [-0.1, -0.05) is 12.1 Å². The maximum absolute atomic E-state index is 12.5. The Balaban J connectivity index is 1.29. The zero-order valence-electron chi connectivity index (χ0n) is 15.9. The summed E-state index contributed by atoms with van der Waals surface area (Å²) < 4.78 is 0. The fourth-order valence-electron chi connectivity index (χ4n) is 6.27. The van der Waals surface area contributed by atoms with Crippen LogP contribution >= 0.6 is 0 Å². The molecule has 0 radical (unpaired) electrons. The third-order valence-electron chi connectivity index (χ3n) is 7.15. The lowest BCUT2D eigenvalue weighted by atomic mass is 9.48. The Hall–Kier alpha value is -2.11. The molecule has 27 heavy (non-hydrogen) atoms. The average molecular weight is 371 g/mol. The number of benzene rings is 1. The van der Waals surface area contributed by atoms with E-state index in [2.05, 4.69) is 17.6 Å². The van der Waals surface area contributed by atoms with Gasteiger partial charge < -0.3 is 10.6 Å². The number of nitrogens with zero attached hydrogens (tertiary/aromatic N) is 1. The molecule has 4 aliphatic carbocycles. The van der Waals surface area contributed by atoms with Crippen LogP contribution in [0.25, 0.3) is 0 Å². The van der Waals surface area contributed by atoms with Crippen LogP contribution in [-0.4, -0.2) is 23.4 Å². The summed E-state index contributed by atoms with van der Waals surface area (Å²) in [5.74, 6) is 2.65. The van der Waals surface area contributed by atoms with E-state index in [-0.39, 0.29) is 17.6 Å². The van der Waals surface area contributed by atoms with E-state index in [1.807, 2.05) is 0 Å². The first-order valence-electron chi connectivity index (χ1n) is 10.2. The summed E-state index contributed by atoms with van der Waals surface area (Å²) in [6.07, 6.45) is 8.35. The molecule has 4 bridgehead atoms. The predicted molar refractivity (Wildman–Crippen MR) is 104 cm³/mol. The second-order valence-corrected chi connectivity index (χ2v) is 9.02. The van der Waals surface area contributed by atoms with E-state index in [0.29, 0.717) is 24.1 Å². The number of hydrogen-bond acceptors (Lipinski definition) is 4. The highest BCUT2D eigenvalue weighted by atomic mass is 16.6. The predicted octanol–water partition coefficient (Wildman–Crippen LogP) is 4.12. The van der Waals surface area contributed by atoms with Crippen LogP contribution in [0, 0.1) is 33.3 Å². The van der Waals surface area contributed by atoms with Crippen molar-refractivity contribution in [1.29, 1.82) is 0 Å². The van der Waals surface area contributed by atoms with Gasteiger partial charge in [0.1, 0.15) is 5.69 Å². The van der Waals surface area contributed by atoms with Gasteiger partial charge in [-0.3, -0.25) is 14.9 Å². The number of para-hydroxylation sites is 2. The van der Waals surface area contributed by atoms with Crippen LogP contribution in [0.1, 0.15) is 51.9 Å². The highest BCUT2D eigenvalue weighted by Crippen LogP contribution is 2.61. The smallest absolute Gasteiger partial charge is 0.292 e. The molecule has 0 unspecified atom stereocenters. The van der Waals surface area contributed by atoms with E-state index in [4.69, 9.17) is 0 Å². The average Bonchev–Trinajstić information content (AvgIpc) is 2.60. The van der Waals surface area contributed by atoms with Gasteiger partial charge in [0.05, 0.1) is 4.92 Å². The minimum Gasteiger partial charge on any atom is -0.379 e. The Morgan fingerprint density at radius 3 is 2.37 bits per heavy atom. The maximum Gasteiger partial charge on any atom is 0.292 e. The molecule has 0 saturated heterocycles. The van der Waals surface area contributed by atoms with Gasteiger partial charge in [0.15, 0.2) is 0 Å². The van der Waals surface area contributed by atoms with Crippen molar-refractivity contribution in [3.8, 4) is 0 Å². The molecule has 4 aliphatic rings. The summed E-state index contributed by atoms with van der Waals surface area (Å²) in [7, 11) is 0. The van der Waals surface area contributed by atoms with Crippen molar-refractivity contribution in [2.24, 2.45) is 23.2 Å². The lowest BCUT2D eigenvalue weighted by Gasteiger charge is -2.59. The number of nitro groups is 1. The first-order chi connectivity index (χ1) is 12.9. The first-order valence-corrected chi connectivity index (χ1v) is 10.2. The second kappa shape index (κ2) is 7.13. The molecule has 1 amide bonds. The lowest BCUT2D eigenvalue weighted by molar-refractivity contribution is -0.384. The molecule has 0 spiro atoms. The van der Waals surface area contributed by atoms with Gasteiger partial charge in [0.25, 0.3) is 5.69 Å². The second-order valence-electron chi connectivity index (χ2n) is 9.02. The van der Waals surface area contributed by atoms with E-state index in [1.165, 1.54) is 44.6 Å². The summed E-state index contributed by atoms with van der Waals surface area (Å²) in [5, 5.41) is 17.3. The topological polar surface area (TPSA) is 84.3 Å². The Labute approximate surface area is 160 Å². The van der Waals surface area contributed by atoms with Crippen LogP contribution < -0.4 is 10.6 Å². The van der Waals surface area contributed by atoms with Gasteiger partial charge in [-0.2, -0.15) is 0 Å². The lowest BCUT2D eigenvalue weighted by Crippen LogP contribution is -2.55. The Morgan fingerprint density at radius 2 is 1.78 bits per heavy atom. The summed E-state index contributed by atoms with van der Waals surface area (Å²) >= 11 is 0. The van der Waals surface area contributed by atoms with Crippen molar-refractivity contribution in [2.45, 2.75) is 57.9 Å². The van der Waals surface area contributed by atoms with Crippen molar-refractivity contribution in [3.63, 3.8) is 0 Å². The zero-order valence-corrected chi connectivity index (χ0v) is 15.9. The van der Waals surface area contributed by atoms with Crippen LogP contribution in [0.15, 0.2) is 24.3 Å². The largest absolute Gasteiger partial charge is 0.379 e. The van der Waals surface area contributed by atoms with Crippen LogP contribution in [0.2, 0.25) is 0 Å². The van der Waals surface area contributed by atoms with Crippen LogP contribution in [0.3, 0.4) is 0 Å². The standard InChI is InChI=1S/C21H29N3O3/c1-14(21-11-15-8-16(12-21)10-17(9-15)13-21)23-20(25)6-7-22-18-4-2-3-5-19(18)24(26)27/h2-5,14-17,22H,6-13H2,1H3,(H,23,25)/t14-,15?,16?,17?,21?/m0/s1. The molecule has 0 aromatic heterocycles. The molecule has 5 rings (SSSR count). The van der Waals surface area contributed by atoms with Crippen LogP contribution in [-0.2, 0) is 4.79 Å². The molecular formula is C21H29N3O3. The molecule has 4 fully saturated rings. The minimum absolute atomic E-state index is 0.0318. The third-order valence-corrected chi connectivity index (χ3v) is 7.15. The van der Waals surface area contributed by atoms with E-state index >= 15 is 0 Å². The van der Waals surface area contributed by atoms with Crippen molar-refractivity contribution in [3.05, 3.63) is 34.4 Å². The number of rotatable bonds is 7. The Bertz CT molecular complexity index is 698. The molecule has 1 aromatic rings. The first kappa shape index (κ1) is 18.3. The van der Waals surface area contributed by atoms with Crippen LogP contribution in [0.4, 0.5) is 11.4 Å². The van der Waals surface area contributed by atoms with Crippen molar-refractivity contribution in [1.82, 2.24) is 5.32 Å². The van der Waals surface area contributed by atoms with Gasteiger partial charge in [0, 0.05) is 25.1 Å². The fourth-order valence-corrected chi connectivity index (χ4v) is 6.27. The molecule has 6 heteroatoms. The van der Waals surface area contributed by atoms with Gasteiger partial charge in [0.2, 0.25) is 5.91 Å². The number of nitrogens with one attached hydrogen (secondary N) is 2. The highest BCUT2D eigenvalue weighted by Gasteiger charge is 2.53. The SMILES string of the molecule is C[C@H](NC(=O)CCNc1ccccc1[N+](=O)[O-])C12CC3CC(CC(C3)C1)C2. The molecule has 1 atom stereocenters. The van der Waals surface area contributed by atoms with E-state index in [9.17, 15) is 14.9 Å². The molecule has 0 aliphatic heterocycles. The number of amides is 1. The van der Waals surface area contributed by atoms with Gasteiger partial charge in [-0.15, -0.1) is 0 Å². The van der Waals surface area contributed by atoms with Gasteiger partial charge in [-0.05, 0) is 74.7 Å². The quantitative estimate of drug-likeness (QED) is 0.558. The normalized spacial score (nSPS) is 32.1. The number of hydrogen-bond donors (Lipinski definition) is 2. The molecule has 6 nitrogen and oxygen atoms in total. The van der Waals surface area contributed by atoms with E-state index < -0.39 is 4.92 Å². The zero-order chi connectivity index (χ0) is 19.0. The van der Waals surface area contributed by atoms with E-state index in [1.54, 1.807) is 18.2 Å². The molecule has 4 saturated carbocycles. The molecule has 2 N–H and O–H groups in total. The Morgan fingerprint density at radius 1 is 1.19 bits per heavy atom. The Kier molecular flexibility index (Phi) is 4.82. The summed E-state index contributed by atoms with van der Waals surface area (Å²) in [6, 6.07) is 6.75. The molecule has 1 aromatic carbocycles. The third kappa shape index (κ3) is 3.66. The number of carbonyl (C=O) groups is 1. The number of carbonyl (C=O) groups excluding carboxylic acids is 1. The van der Waals surface area contributed by atoms with Crippen molar-refractivity contribution >= 4 is 17.3 Å². The molecule has 0 heterocycles. The number of anilines is 1. The highest BCUT2D eigenvalue weighted by molar-refractivity contribution is 5.77. The van der Waals surface area contributed by atoms with E-state index in [0.717, 1.165) is 17.8 Å². The molecular weight excluding hydrogens is 342 g/mol. The monoisotopic (exact) mass is 371 g/mol. The van der Waals surface area contributed by atoms with Gasteiger partial charge >= 0.3 is 0 Å². The summed E-state index contributed by atoms with van der Waals surface area (Å²) in [6.45, 7) is 2.57. The maximum atomic E-state index is 12.5. The van der Waals surface area contributed by atoms with Gasteiger partial charge in [-0.25, -0.2) is 0 Å². The fraction of sp³-hybridized carbons (Fsp3) is 0.667. The van der Waals surface area contributed by atoms with Crippen LogP contribution in [0.5, 0.6) is 0 Å². The van der Waals surface area contributed by atoms with Crippen molar-refractivity contribution in [2.75, 3.05) is 11.9 Å². The number of nitro benzene ring substituents is 1. The molecule has 146 valence electrons. The summed E-state index contributed by atoms with van der Waals surface area (Å²) in [4.78, 5) is 23.1. The minimum atomic E-state index is -0.405. The summed E-state index contributed by atoms with van der Waals surface area (Å²) in [5.41, 5.74) is 0.806. The van der Waals surface area contributed by atoms with Crippen molar-refractivity contribution < 1.29 is 9.72 Å².